The highest BCUT2D eigenvalue weighted by Crippen LogP contribution is 2.19. The van der Waals surface area contributed by atoms with Crippen LogP contribution in [-0.2, 0) is 0 Å². The fourth-order valence-electron chi connectivity index (χ4n) is 1.87. The molecule has 94 valence electrons. The van der Waals surface area contributed by atoms with Crippen LogP contribution in [0.1, 0.15) is 10.4 Å². The Balaban J connectivity index is 2.00. The van der Waals surface area contributed by atoms with Crippen molar-refractivity contribution in [1.29, 1.82) is 0 Å². The van der Waals surface area contributed by atoms with Crippen LogP contribution in [0.25, 0.3) is 10.9 Å². The molecule has 0 saturated heterocycles. The van der Waals surface area contributed by atoms with Crippen LogP contribution >= 0.6 is 0 Å². The van der Waals surface area contributed by atoms with E-state index in [1.54, 1.807) is 12.3 Å². The normalized spacial score (nSPS) is 10.5. The molecule has 0 aliphatic rings. The topological polar surface area (TPSA) is 96.7 Å². The number of hydrogen-bond acceptors (Lipinski definition) is 4. The van der Waals surface area contributed by atoms with Crippen molar-refractivity contribution in [2.24, 2.45) is 0 Å². The minimum atomic E-state index is -0.255. The van der Waals surface area contributed by atoms with E-state index in [9.17, 15) is 4.79 Å². The van der Waals surface area contributed by atoms with E-state index in [4.69, 9.17) is 5.73 Å². The molecule has 0 bridgehead atoms. The lowest BCUT2D eigenvalue weighted by Crippen LogP contribution is -2.13. The molecule has 3 aromatic rings. The van der Waals surface area contributed by atoms with Gasteiger partial charge in [-0.3, -0.25) is 14.9 Å². The third-order valence-electron chi connectivity index (χ3n) is 2.80. The Hall–Kier alpha value is -2.89. The standard InChI is InChI=1S/C13H11N5O/c14-10-7-16-18-12(10)17-13(19)9-5-6-15-11-4-2-1-3-8(9)11/h1-7H,14H2,(H2,16,17,18,19). The third kappa shape index (κ3) is 1.99. The molecule has 2 heterocycles. The molecule has 0 aliphatic heterocycles. The summed E-state index contributed by atoms with van der Waals surface area (Å²) in [4.78, 5) is 16.5. The Kier molecular flexibility index (Phi) is 2.60. The number of aromatic amines is 1. The number of carbonyl (C=O) groups is 1. The van der Waals surface area contributed by atoms with Crippen LogP contribution in [0, 0.1) is 0 Å². The smallest absolute Gasteiger partial charge is 0.257 e. The maximum atomic E-state index is 12.2. The summed E-state index contributed by atoms with van der Waals surface area (Å²) in [5.74, 6) is 0.139. The number of anilines is 2. The van der Waals surface area contributed by atoms with Gasteiger partial charge in [0.1, 0.15) is 0 Å². The Bertz CT molecular complexity index is 744. The number of benzene rings is 1. The Labute approximate surface area is 108 Å². The molecule has 2 aromatic heterocycles. The van der Waals surface area contributed by atoms with Gasteiger partial charge in [-0.15, -0.1) is 0 Å². The largest absolute Gasteiger partial charge is 0.394 e. The number of H-pyrrole nitrogens is 1. The van der Waals surface area contributed by atoms with Gasteiger partial charge < -0.3 is 11.1 Å². The number of hydrogen-bond donors (Lipinski definition) is 3. The van der Waals surface area contributed by atoms with Gasteiger partial charge >= 0.3 is 0 Å². The zero-order valence-corrected chi connectivity index (χ0v) is 9.92. The number of amides is 1. The molecule has 0 fully saturated rings. The van der Waals surface area contributed by atoms with Crippen LogP contribution in [0.3, 0.4) is 0 Å². The number of nitrogens with two attached hydrogens (primary N) is 1. The molecule has 6 heteroatoms. The molecule has 0 atom stereocenters. The molecule has 0 unspecified atom stereocenters. The fourth-order valence-corrected chi connectivity index (χ4v) is 1.87. The molecule has 0 spiro atoms. The van der Waals surface area contributed by atoms with Crippen LogP contribution in [0.15, 0.2) is 42.7 Å². The van der Waals surface area contributed by atoms with E-state index in [0.717, 1.165) is 10.9 Å². The number of fused-ring (bicyclic) bond motifs is 1. The minimum absolute atomic E-state index is 0.255. The van der Waals surface area contributed by atoms with Gasteiger partial charge in [0.25, 0.3) is 5.91 Å². The van der Waals surface area contributed by atoms with E-state index >= 15 is 0 Å². The molecule has 3 rings (SSSR count). The highest BCUT2D eigenvalue weighted by atomic mass is 16.1. The highest BCUT2D eigenvalue weighted by Gasteiger charge is 2.12. The summed E-state index contributed by atoms with van der Waals surface area (Å²) in [7, 11) is 0. The second-order valence-corrected chi connectivity index (χ2v) is 4.03. The van der Waals surface area contributed by atoms with Crippen molar-refractivity contribution >= 4 is 28.3 Å². The zero-order valence-electron chi connectivity index (χ0n) is 9.92. The van der Waals surface area contributed by atoms with E-state index in [1.807, 2.05) is 24.3 Å². The lowest BCUT2D eigenvalue weighted by molar-refractivity contribution is 0.102. The predicted molar refractivity (Wildman–Crippen MR) is 72.7 cm³/mol. The summed E-state index contributed by atoms with van der Waals surface area (Å²) in [6.07, 6.45) is 3.05. The predicted octanol–water partition coefficient (Wildman–Crippen LogP) is 1.79. The lowest BCUT2D eigenvalue weighted by Gasteiger charge is -2.06. The first-order chi connectivity index (χ1) is 9.25. The number of nitrogen functional groups attached to an aromatic ring is 1. The van der Waals surface area contributed by atoms with E-state index < -0.39 is 0 Å². The average molecular weight is 253 g/mol. The van der Waals surface area contributed by atoms with Crippen molar-refractivity contribution in [3.05, 3.63) is 48.3 Å². The summed E-state index contributed by atoms with van der Waals surface area (Å²) in [6.45, 7) is 0. The van der Waals surface area contributed by atoms with Gasteiger partial charge in [0, 0.05) is 11.6 Å². The summed E-state index contributed by atoms with van der Waals surface area (Å²) in [5, 5.41) is 9.87. The molecule has 4 N–H and O–H groups in total. The molecule has 1 amide bonds. The summed E-state index contributed by atoms with van der Waals surface area (Å²) >= 11 is 0. The summed E-state index contributed by atoms with van der Waals surface area (Å²) in [5.41, 5.74) is 7.37. The van der Waals surface area contributed by atoms with E-state index in [-0.39, 0.29) is 5.91 Å². The molecule has 1 aromatic carbocycles. The van der Waals surface area contributed by atoms with Crippen LogP contribution < -0.4 is 11.1 Å². The third-order valence-corrected chi connectivity index (χ3v) is 2.80. The number of nitrogens with one attached hydrogen (secondary N) is 2. The van der Waals surface area contributed by atoms with Gasteiger partial charge in [-0.05, 0) is 12.1 Å². The number of aromatic nitrogens is 3. The first-order valence-electron chi connectivity index (χ1n) is 5.69. The molecular formula is C13H11N5O. The monoisotopic (exact) mass is 253 g/mol. The quantitative estimate of drug-likeness (QED) is 0.648. The van der Waals surface area contributed by atoms with E-state index in [1.165, 1.54) is 6.20 Å². The van der Waals surface area contributed by atoms with E-state index in [2.05, 4.69) is 20.5 Å². The number of para-hydroxylation sites is 1. The van der Waals surface area contributed by atoms with Gasteiger partial charge in [0.2, 0.25) is 0 Å². The van der Waals surface area contributed by atoms with Crippen molar-refractivity contribution in [1.82, 2.24) is 15.2 Å². The molecular weight excluding hydrogens is 242 g/mol. The van der Waals surface area contributed by atoms with Crippen molar-refractivity contribution in [2.45, 2.75) is 0 Å². The SMILES string of the molecule is Nc1cn[nH]c1NC(=O)c1ccnc2ccccc12. The van der Waals surface area contributed by atoms with Crippen LogP contribution in [0.4, 0.5) is 11.5 Å². The van der Waals surface area contributed by atoms with Crippen LogP contribution in [0.5, 0.6) is 0 Å². The van der Waals surface area contributed by atoms with Gasteiger partial charge in [-0.1, -0.05) is 18.2 Å². The van der Waals surface area contributed by atoms with Gasteiger partial charge in [-0.2, -0.15) is 5.10 Å². The maximum absolute atomic E-state index is 12.2. The lowest BCUT2D eigenvalue weighted by atomic mass is 10.1. The van der Waals surface area contributed by atoms with Crippen molar-refractivity contribution in [2.75, 3.05) is 11.1 Å². The van der Waals surface area contributed by atoms with Gasteiger partial charge in [-0.25, -0.2) is 0 Å². The number of rotatable bonds is 2. The number of carbonyl (C=O) groups excluding carboxylic acids is 1. The highest BCUT2D eigenvalue weighted by molar-refractivity contribution is 6.12. The second-order valence-electron chi connectivity index (χ2n) is 4.03. The first kappa shape index (κ1) is 11.2. The molecule has 0 radical (unpaired) electrons. The van der Waals surface area contributed by atoms with Crippen LogP contribution in [0.2, 0.25) is 0 Å². The Morgan fingerprint density at radius 2 is 2.11 bits per heavy atom. The minimum Gasteiger partial charge on any atom is -0.394 e. The Morgan fingerprint density at radius 1 is 1.26 bits per heavy atom. The number of nitrogens with zero attached hydrogens (tertiary/aromatic N) is 2. The second kappa shape index (κ2) is 4.41. The molecule has 0 saturated carbocycles. The van der Waals surface area contributed by atoms with Crippen molar-refractivity contribution in [3.63, 3.8) is 0 Å². The Morgan fingerprint density at radius 3 is 2.89 bits per heavy atom. The summed E-state index contributed by atoms with van der Waals surface area (Å²) < 4.78 is 0. The molecule has 0 aliphatic carbocycles. The molecule has 19 heavy (non-hydrogen) atoms. The van der Waals surface area contributed by atoms with Gasteiger partial charge in [0.15, 0.2) is 5.82 Å². The van der Waals surface area contributed by atoms with E-state index in [0.29, 0.717) is 17.1 Å². The van der Waals surface area contributed by atoms with Crippen LogP contribution in [-0.4, -0.2) is 21.1 Å². The van der Waals surface area contributed by atoms with Crippen molar-refractivity contribution < 1.29 is 4.79 Å². The average Bonchev–Trinajstić information content (AvgIpc) is 2.83. The molecule has 6 nitrogen and oxygen atoms in total. The van der Waals surface area contributed by atoms with Gasteiger partial charge in [0.05, 0.1) is 23.0 Å². The van der Waals surface area contributed by atoms with Crippen molar-refractivity contribution in [3.8, 4) is 0 Å². The number of pyridine rings is 1. The first-order valence-corrected chi connectivity index (χ1v) is 5.69. The summed E-state index contributed by atoms with van der Waals surface area (Å²) in [6, 6.07) is 9.13. The maximum Gasteiger partial charge on any atom is 0.257 e. The zero-order chi connectivity index (χ0) is 13.2. The fraction of sp³-hybridized carbons (Fsp3) is 0.